The summed E-state index contributed by atoms with van der Waals surface area (Å²) in [4.78, 5) is 23.9. The zero-order chi connectivity index (χ0) is 12.8. The first-order valence-electron chi connectivity index (χ1n) is 4.86. The second-order valence-corrected chi connectivity index (χ2v) is 4.92. The number of amides is 3. The Morgan fingerprint density at radius 3 is 2.61 bits per heavy atom. The summed E-state index contributed by atoms with van der Waals surface area (Å²) < 4.78 is 33.8. The number of rotatable bonds is 3. The van der Waals surface area contributed by atoms with Gasteiger partial charge < -0.3 is 12.1 Å². The molecule has 2 atom stereocenters. The fourth-order valence-corrected chi connectivity index (χ4v) is 2.52. The third kappa shape index (κ3) is 2.95. The molecule has 2 rings (SSSR count). The van der Waals surface area contributed by atoms with Gasteiger partial charge >= 0.3 is 46.0 Å². The van der Waals surface area contributed by atoms with E-state index in [-0.39, 0.29) is 37.5 Å². The monoisotopic (exact) mass is 289 g/mol. The summed E-state index contributed by atoms with van der Waals surface area (Å²) in [5, 5.41) is 0.568. The predicted octanol–water partition coefficient (Wildman–Crippen LogP) is -4.41. The van der Waals surface area contributed by atoms with E-state index in [0.717, 1.165) is 4.90 Å². The first-order valence-corrected chi connectivity index (χ1v) is 6.22. The Morgan fingerprint density at radius 2 is 2.11 bits per heavy atom. The maximum atomic E-state index is 11.7. The van der Waals surface area contributed by atoms with Crippen molar-refractivity contribution in [2.75, 3.05) is 6.54 Å². The molecule has 0 spiro atoms. The third-order valence-electron chi connectivity index (χ3n) is 2.83. The van der Waals surface area contributed by atoms with Crippen molar-refractivity contribution in [3.63, 3.8) is 0 Å². The molecule has 11 heteroatoms. The van der Waals surface area contributed by atoms with E-state index in [2.05, 4.69) is 4.28 Å². The molecule has 3 amide bonds. The molecule has 0 unspecified atom stereocenters. The van der Waals surface area contributed by atoms with Gasteiger partial charge in [0.05, 0.1) is 6.04 Å². The molecule has 2 bridgehead atoms. The molecule has 0 aliphatic carbocycles. The maximum Gasteiger partial charge on any atom is 1.00 e. The number of nitrogens with zero attached hydrogens (tertiary/aromatic N) is 2. The van der Waals surface area contributed by atoms with Crippen molar-refractivity contribution in [2.45, 2.75) is 24.9 Å². The van der Waals surface area contributed by atoms with E-state index < -0.39 is 34.4 Å². The predicted molar refractivity (Wildman–Crippen MR) is 53.7 cm³/mol. The van der Waals surface area contributed by atoms with Gasteiger partial charge in [0.2, 0.25) is 5.91 Å². The molecule has 2 fully saturated rings. The minimum absolute atomic E-state index is 0. The van der Waals surface area contributed by atoms with Crippen molar-refractivity contribution >= 4 is 22.3 Å². The van der Waals surface area contributed by atoms with Gasteiger partial charge in [-0.3, -0.25) is 9.35 Å². The van der Waals surface area contributed by atoms with Gasteiger partial charge in [-0.05, 0) is 12.8 Å². The van der Waals surface area contributed by atoms with Crippen LogP contribution in [0.25, 0.3) is 0 Å². The van der Waals surface area contributed by atoms with Crippen LogP contribution in [0.15, 0.2) is 0 Å². The van der Waals surface area contributed by atoms with Gasteiger partial charge in [0.15, 0.2) is 0 Å². The van der Waals surface area contributed by atoms with Gasteiger partial charge in [0.1, 0.15) is 6.04 Å². The Kier molecular flexibility index (Phi) is 4.62. The van der Waals surface area contributed by atoms with Crippen LogP contribution in [0.3, 0.4) is 0 Å². The zero-order valence-corrected chi connectivity index (χ0v) is 12.5. The van der Waals surface area contributed by atoms with E-state index in [0.29, 0.717) is 17.9 Å². The molecule has 9 nitrogen and oxygen atoms in total. The summed E-state index contributed by atoms with van der Waals surface area (Å²) in [5.41, 5.74) is 5.13. The molecular weight excluding hydrogens is 277 g/mol. The standard InChI is InChI=1S/C7H11N3O6S.Na.H/c8-6(11)5-2-1-4-3-9(5)7(12)10(4)16-17(13,14)15;;/h4-5H,1-3H2,(H2,8,11)(H,13,14,15);;/q;+1;-1/t4-,5+;;/m1../s1. The van der Waals surface area contributed by atoms with Crippen LogP contribution in [0, 0.1) is 0 Å². The first-order chi connectivity index (χ1) is 7.79. The van der Waals surface area contributed by atoms with Gasteiger partial charge in [0, 0.05) is 6.54 Å². The van der Waals surface area contributed by atoms with Crippen molar-refractivity contribution in [1.29, 1.82) is 0 Å². The van der Waals surface area contributed by atoms with Crippen molar-refractivity contribution in [3.8, 4) is 0 Å². The number of fused-ring (bicyclic) bond motifs is 2. The van der Waals surface area contributed by atoms with Crippen LogP contribution in [-0.2, 0) is 19.5 Å². The van der Waals surface area contributed by atoms with E-state index in [9.17, 15) is 18.0 Å². The number of carbonyl (C=O) groups is 2. The van der Waals surface area contributed by atoms with Gasteiger partial charge in [-0.25, -0.2) is 4.79 Å². The number of carbonyl (C=O) groups excluding carboxylic acids is 2. The minimum atomic E-state index is -4.75. The van der Waals surface area contributed by atoms with Crippen LogP contribution in [0.4, 0.5) is 4.79 Å². The van der Waals surface area contributed by atoms with Crippen LogP contribution in [0.1, 0.15) is 14.3 Å². The normalized spacial score (nSPS) is 27.1. The van der Waals surface area contributed by atoms with Crippen LogP contribution in [-0.4, -0.2) is 53.5 Å². The molecule has 18 heavy (non-hydrogen) atoms. The van der Waals surface area contributed by atoms with Crippen molar-refractivity contribution in [1.82, 2.24) is 9.96 Å². The number of nitrogens with two attached hydrogens (primary N) is 1. The summed E-state index contributed by atoms with van der Waals surface area (Å²) in [6, 6.07) is -2.04. The molecule has 2 aliphatic heterocycles. The summed E-state index contributed by atoms with van der Waals surface area (Å²) in [6.07, 6.45) is 0.725. The van der Waals surface area contributed by atoms with Gasteiger partial charge in [0.25, 0.3) is 0 Å². The first kappa shape index (κ1) is 15.7. The van der Waals surface area contributed by atoms with E-state index in [1.54, 1.807) is 0 Å². The Balaban J connectivity index is 0.00000162. The molecule has 2 heterocycles. The van der Waals surface area contributed by atoms with Gasteiger partial charge in [-0.15, -0.1) is 4.28 Å². The average molecular weight is 289 g/mol. The molecular formula is C7H12N3NaO6S. The average Bonchev–Trinajstić information content (AvgIpc) is 2.42. The maximum absolute atomic E-state index is 11.7. The van der Waals surface area contributed by atoms with Gasteiger partial charge in [-0.2, -0.15) is 13.5 Å². The number of primary amides is 1. The van der Waals surface area contributed by atoms with Crippen LogP contribution >= 0.6 is 0 Å². The molecule has 2 aliphatic rings. The number of urea groups is 1. The van der Waals surface area contributed by atoms with Crippen molar-refractivity contribution < 1.29 is 57.8 Å². The van der Waals surface area contributed by atoms with Crippen LogP contribution in [0.2, 0.25) is 0 Å². The second-order valence-electron chi connectivity index (χ2n) is 3.91. The molecule has 0 saturated carbocycles. The number of hydrogen-bond acceptors (Lipinski definition) is 5. The largest absolute Gasteiger partial charge is 1.00 e. The third-order valence-corrected chi connectivity index (χ3v) is 3.17. The molecule has 3 N–H and O–H groups in total. The second kappa shape index (κ2) is 5.31. The van der Waals surface area contributed by atoms with E-state index in [4.69, 9.17) is 10.3 Å². The minimum Gasteiger partial charge on any atom is -1.00 e. The Labute approximate surface area is 127 Å². The molecule has 2 saturated heterocycles. The van der Waals surface area contributed by atoms with E-state index >= 15 is 0 Å². The van der Waals surface area contributed by atoms with Gasteiger partial charge in [-0.1, -0.05) is 0 Å². The molecule has 0 aromatic rings. The smallest absolute Gasteiger partial charge is 1.00 e. The molecule has 0 aromatic carbocycles. The van der Waals surface area contributed by atoms with Crippen LogP contribution in [0.5, 0.6) is 0 Å². The SMILES string of the molecule is NC(=O)[C@@H]1CC[C@@H]2CN1C(=O)N2OS(=O)(=O)O.[H-].[Na+]. The number of piperidine rings is 1. The summed E-state index contributed by atoms with van der Waals surface area (Å²) in [7, 11) is -4.75. The Hall–Kier alpha value is -0.390. The quantitative estimate of drug-likeness (QED) is 0.398. The molecule has 0 radical (unpaired) electrons. The topological polar surface area (TPSA) is 130 Å². The van der Waals surface area contributed by atoms with Crippen molar-refractivity contribution in [3.05, 3.63) is 0 Å². The molecule has 0 aromatic heterocycles. The Morgan fingerprint density at radius 1 is 1.50 bits per heavy atom. The van der Waals surface area contributed by atoms with Crippen molar-refractivity contribution in [2.24, 2.45) is 5.73 Å². The zero-order valence-electron chi connectivity index (χ0n) is 10.6. The Bertz CT molecular complexity index is 473. The van der Waals surface area contributed by atoms with Crippen LogP contribution < -0.4 is 35.3 Å². The van der Waals surface area contributed by atoms with E-state index in [1.165, 1.54) is 0 Å². The fourth-order valence-electron chi connectivity index (χ4n) is 2.13. The summed E-state index contributed by atoms with van der Waals surface area (Å²) in [5.74, 6) is -0.648. The molecule has 98 valence electrons. The number of hydroxylamine groups is 2. The summed E-state index contributed by atoms with van der Waals surface area (Å²) >= 11 is 0. The fraction of sp³-hybridized carbons (Fsp3) is 0.714. The summed E-state index contributed by atoms with van der Waals surface area (Å²) in [6.45, 7) is 0.155. The van der Waals surface area contributed by atoms with E-state index in [1.807, 2.05) is 0 Å². The number of hydrogen-bond donors (Lipinski definition) is 2.